The summed E-state index contributed by atoms with van der Waals surface area (Å²) in [5.74, 6) is -2.59. The summed E-state index contributed by atoms with van der Waals surface area (Å²) in [4.78, 5) is 9.27. The van der Waals surface area contributed by atoms with Crippen molar-refractivity contribution in [2.45, 2.75) is 4.90 Å². The third-order valence-electron chi connectivity index (χ3n) is 2.25. The summed E-state index contributed by atoms with van der Waals surface area (Å²) in [6.07, 6.45) is 1.92. The topological polar surface area (TPSA) is 118 Å². The Kier molecular flexibility index (Phi) is 3.36. The van der Waals surface area contributed by atoms with Gasteiger partial charge in [0.05, 0.1) is 17.2 Å². The third kappa shape index (κ3) is 2.56. The van der Waals surface area contributed by atoms with Gasteiger partial charge in [-0.2, -0.15) is 5.10 Å². The number of nitro benzene ring substituents is 1. The highest BCUT2D eigenvalue weighted by Crippen LogP contribution is 2.30. The first kappa shape index (κ1) is 13.9. The molecule has 0 bridgehead atoms. The summed E-state index contributed by atoms with van der Waals surface area (Å²) in [7, 11) is -4.27. The van der Waals surface area contributed by atoms with E-state index < -0.39 is 38.0 Å². The molecule has 11 heteroatoms. The van der Waals surface area contributed by atoms with E-state index in [0.29, 0.717) is 12.1 Å². The Bertz CT molecular complexity index is 761. The molecular weight excluding hydrogens is 298 g/mol. The van der Waals surface area contributed by atoms with Gasteiger partial charge < -0.3 is 0 Å². The van der Waals surface area contributed by atoms with Crippen molar-refractivity contribution in [3.63, 3.8) is 0 Å². The van der Waals surface area contributed by atoms with E-state index in [4.69, 9.17) is 0 Å². The molecule has 0 atom stereocenters. The molecule has 0 radical (unpaired) electrons. The SMILES string of the molecule is O=[N+]([O-])c1cc(F)cc(F)c1NS(=O)(=O)c1cn[nH]c1. The predicted octanol–water partition coefficient (Wildman–Crippen LogP) is 1.40. The zero-order valence-corrected chi connectivity index (χ0v) is 10.3. The van der Waals surface area contributed by atoms with Crippen molar-refractivity contribution >= 4 is 21.4 Å². The van der Waals surface area contributed by atoms with Crippen LogP contribution in [0.4, 0.5) is 20.2 Å². The van der Waals surface area contributed by atoms with E-state index in [9.17, 15) is 27.3 Å². The Morgan fingerprint density at radius 2 is 2.05 bits per heavy atom. The molecule has 0 unspecified atom stereocenters. The Morgan fingerprint density at radius 1 is 1.35 bits per heavy atom. The highest BCUT2D eigenvalue weighted by molar-refractivity contribution is 7.92. The van der Waals surface area contributed by atoms with Gasteiger partial charge in [-0.1, -0.05) is 0 Å². The maximum atomic E-state index is 13.5. The summed E-state index contributed by atoms with van der Waals surface area (Å²) >= 11 is 0. The van der Waals surface area contributed by atoms with Gasteiger partial charge in [-0.25, -0.2) is 17.2 Å². The lowest BCUT2D eigenvalue weighted by Gasteiger charge is -2.07. The number of benzene rings is 1. The van der Waals surface area contributed by atoms with E-state index in [2.05, 4.69) is 10.2 Å². The van der Waals surface area contributed by atoms with E-state index in [1.54, 1.807) is 4.72 Å². The highest BCUT2D eigenvalue weighted by Gasteiger charge is 2.26. The van der Waals surface area contributed by atoms with Crippen LogP contribution in [0.15, 0.2) is 29.4 Å². The van der Waals surface area contributed by atoms with Crippen molar-refractivity contribution in [2.24, 2.45) is 0 Å². The van der Waals surface area contributed by atoms with Crippen molar-refractivity contribution in [3.05, 3.63) is 46.3 Å². The van der Waals surface area contributed by atoms with Gasteiger partial charge in [-0.15, -0.1) is 0 Å². The molecular formula is C9H6F2N4O4S. The second-order valence-electron chi connectivity index (χ2n) is 3.58. The van der Waals surface area contributed by atoms with Gasteiger partial charge in [0.1, 0.15) is 10.7 Å². The highest BCUT2D eigenvalue weighted by atomic mass is 32.2. The predicted molar refractivity (Wildman–Crippen MR) is 62.4 cm³/mol. The minimum absolute atomic E-state index is 0.334. The summed E-state index contributed by atoms with van der Waals surface area (Å²) in [5.41, 5.74) is -1.98. The summed E-state index contributed by atoms with van der Waals surface area (Å²) in [6, 6.07) is 0.747. The lowest BCUT2D eigenvalue weighted by Crippen LogP contribution is -2.15. The van der Waals surface area contributed by atoms with Crippen LogP contribution >= 0.6 is 0 Å². The molecule has 0 saturated heterocycles. The minimum atomic E-state index is -4.27. The number of nitrogens with zero attached hydrogens (tertiary/aromatic N) is 2. The number of sulfonamides is 1. The van der Waals surface area contributed by atoms with Crippen LogP contribution in [0, 0.1) is 21.7 Å². The molecule has 1 heterocycles. The first-order valence-corrected chi connectivity index (χ1v) is 6.44. The van der Waals surface area contributed by atoms with Crippen LogP contribution in [0.2, 0.25) is 0 Å². The largest absolute Gasteiger partial charge is 0.299 e. The van der Waals surface area contributed by atoms with Crippen LogP contribution in [-0.4, -0.2) is 23.5 Å². The molecule has 8 nitrogen and oxygen atoms in total. The molecule has 1 aromatic heterocycles. The molecule has 0 aliphatic rings. The van der Waals surface area contributed by atoms with E-state index in [0.717, 1.165) is 12.4 Å². The van der Waals surface area contributed by atoms with Crippen molar-refractivity contribution < 1.29 is 22.1 Å². The van der Waals surface area contributed by atoms with Crippen LogP contribution in [-0.2, 0) is 10.0 Å². The van der Waals surface area contributed by atoms with E-state index in [1.165, 1.54) is 0 Å². The van der Waals surface area contributed by atoms with Crippen LogP contribution < -0.4 is 4.72 Å². The summed E-state index contributed by atoms with van der Waals surface area (Å²) < 4.78 is 51.8. The fourth-order valence-electron chi connectivity index (χ4n) is 1.38. The number of halogens is 2. The number of nitrogens with one attached hydrogen (secondary N) is 2. The molecule has 2 aromatic rings. The summed E-state index contributed by atoms with van der Waals surface area (Å²) in [5, 5.41) is 16.3. The molecule has 1 aromatic carbocycles. The van der Waals surface area contributed by atoms with Crippen LogP contribution in [0.1, 0.15) is 0 Å². The van der Waals surface area contributed by atoms with Gasteiger partial charge in [-0.3, -0.25) is 19.9 Å². The number of hydrogen-bond donors (Lipinski definition) is 2. The molecule has 0 saturated carbocycles. The van der Waals surface area contributed by atoms with Crippen LogP contribution in [0.5, 0.6) is 0 Å². The molecule has 0 fully saturated rings. The Hall–Kier alpha value is -2.56. The molecule has 0 aliphatic carbocycles. The maximum absolute atomic E-state index is 13.5. The van der Waals surface area contributed by atoms with Crippen molar-refractivity contribution in [2.75, 3.05) is 4.72 Å². The average Bonchev–Trinajstić information content (AvgIpc) is 2.86. The smallest absolute Gasteiger partial charge is 0.284 e. The van der Waals surface area contributed by atoms with Gasteiger partial charge in [0.2, 0.25) is 0 Å². The number of anilines is 1. The number of rotatable bonds is 4. The lowest BCUT2D eigenvalue weighted by atomic mass is 10.2. The number of hydrogen-bond acceptors (Lipinski definition) is 5. The molecule has 0 spiro atoms. The second kappa shape index (κ2) is 4.85. The van der Waals surface area contributed by atoms with Gasteiger partial charge in [0.25, 0.3) is 15.7 Å². The summed E-state index contributed by atoms with van der Waals surface area (Å²) in [6.45, 7) is 0. The monoisotopic (exact) mass is 304 g/mol. The quantitative estimate of drug-likeness (QED) is 0.653. The standard InChI is InChI=1S/C9H6F2N4O4S/c10-5-1-7(11)9(8(2-5)15(16)17)14-20(18,19)6-3-12-13-4-6/h1-4,14H,(H,12,13). The Labute approximate surface area is 110 Å². The fraction of sp³-hybridized carbons (Fsp3) is 0. The number of H-pyrrole nitrogens is 1. The van der Waals surface area contributed by atoms with Gasteiger partial charge in [0, 0.05) is 12.3 Å². The molecule has 20 heavy (non-hydrogen) atoms. The maximum Gasteiger partial charge on any atom is 0.299 e. The number of aromatic nitrogens is 2. The zero-order chi connectivity index (χ0) is 14.9. The number of aromatic amines is 1. The molecule has 0 aliphatic heterocycles. The van der Waals surface area contributed by atoms with E-state index in [-0.39, 0.29) is 4.90 Å². The van der Waals surface area contributed by atoms with Crippen molar-refractivity contribution in [1.29, 1.82) is 0 Å². The molecule has 2 N–H and O–H groups in total. The van der Waals surface area contributed by atoms with Gasteiger partial charge in [0.15, 0.2) is 11.5 Å². The van der Waals surface area contributed by atoms with Crippen LogP contribution in [0.3, 0.4) is 0 Å². The first-order valence-electron chi connectivity index (χ1n) is 4.96. The molecule has 0 amide bonds. The average molecular weight is 304 g/mol. The molecule has 106 valence electrons. The minimum Gasteiger partial charge on any atom is -0.284 e. The Balaban J connectivity index is 2.52. The Morgan fingerprint density at radius 3 is 2.60 bits per heavy atom. The van der Waals surface area contributed by atoms with E-state index >= 15 is 0 Å². The number of nitro groups is 1. The van der Waals surface area contributed by atoms with Gasteiger partial charge in [-0.05, 0) is 0 Å². The second-order valence-corrected chi connectivity index (χ2v) is 5.26. The molecule has 2 rings (SSSR count). The van der Waals surface area contributed by atoms with Gasteiger partial charge >= 0.3 is 0 Å². The van der Waals surface area contributed by atoms with E-state index in [1.807, 2.05) is 0 Å². The zero-order valence-electron chi connectivity index (χ0n) is 9.50. The van der Waals surface area contributed by atoms with Crippen molar-refractivity contribution in [3.8, 4) is 0 Å². The van der Waals surface area contributed by atoms with Crippen molar-refractivity contribution in [1.82, 2.24) is 10.2 Å². The lowest BCUT2D eigenvalue weighted by molar-refractivity contribution is -0.384. The normalized spacial score (nSPS) is 11.3. The van der Waals surface area contributed by atoms with Crippen LogP contribution in [0.25, 0.3) is 0 Å². The first-order chi connectivity index (χ1) is 9.31. The third-order valence-corrected chi connectivity index (χ3v) is 3.57. The fourth-order valence-corrected chi connectivity index (χ4v) is 2.37.